The van der Waals surface area contributed by atoms with Gasteiger partial charge >= 0.3 is 0 Å². The van der Waals surface area contributed by atoms with E-state index >= 15 is 0 Å². The first-order valence-electron chi connectivity index (χ1n) is 6.95. The van der Waals surface area contributed by atoms with Gasteiger partial charge in [0.25, 0.3) is 0 Å². The molecule has 1 aromatic carbocycles. The summed E-state index contributed by atoms with van der Waals surface area (Å²) in [5, 5.41) is 29.8. The number of aliphatic hydroxyl groups excluding tert-OH is 2. The highest BCUT2D eigenvalue weighted by atomic mass is 16.3. The molecule has 1 aliphatic rings. The minimum absolute atomic E-state index is 0.0271. The van der Waals surface area contributed by atoms with E-state index in [4.69, 9.17) is 0 Å². The van der Waals surface area contributed by atoms with Crippen LogP contribution in [0.1, 0.15) is 25.8 Å². The minimum Gasteiger partial charge on any atom is -0.508 e. The topological polar surface area (TPSA) is 94.8 Å². The number of rotatable bonds is 4. The number of carbonyl (C=O) groups is 2. The number of carbonyl (C=O) groups excluding carboxylic acids is 2. The van der Waals surface area contributed by atoms with E-state index in [2.05, 4.69) is 0 Å². The fourth-order valence-electron chi connectivity index (χ4n) is 2.41. The van der Waals surface area contributed by atoms with Crippen LogP contribution in [-0.4, -0.2) is 32.5 Å². The lowest BCUT2D eigenvalue weighted by Crippen LogP contribution is -2.44. The molecule has 1 aromatic rings. The lowest BCUT2D eigenvalue weighted by atomic mass is 9.81. The summed E-state index contributed by atoms with van der Waals surface area (Å²) in [5.41, 5.74) is -1.77. The van der Waals surface area contributed by atoms with E-state index in [9.17, 15) is 24.9 Å². The maximum absolute atomic E-state index is 12.3. The zero-order valence-electron chi connectivity index (χ0n) is 12.5. The van der Waals surface area contributed by atoms with Gasteiger partial charge in [-0.25, -0.2) is 0 Å². The summed E-state index contributed by atoms with van der Waals surface area (Å²) in [6, 6.07) is 9.27. The Bertz CT molecular complexity index is 680. The molecule has 1 atom stereocenters. The third-order valence-corrected chi connectivity index (χ3v) is 3.84. The van der Waals surface area contributed by atoms with Gasteiger partial charge in [0.05, 0.1) is 0 Å². The van der Waals surface area contributed by atoms with Crippen molar-refractivity contribution in [2.24, 2.45) is 0 Å². The van der Waals surface area contributed by atoms with Crippen LogP contribution >= 0.6 is 0 Å². The van der Waals surface area contributed by atoms with Crippen LogP contribution in [0, 0.1) is 0 Å². The predicted molar refractivity (Wildman–Crippen MR) is 80.4 cm³/mol. The van der Waals surface area contributed by atoms with E-state index in [0.29, 0.717) is 6.42 Å². The molecule has 22 heavy (non-hydrogen) atoms. The molecule has 0 spiro atoms. The molecule has 5 heteroatoms. The Balaban J connectivity index is 2.26. The van der Waals surface area contributed by atoms with Crippen molar-refractivity contribution < 1.29 is 24.9 Å². The second-order valence-corrected chi connectivity index (χ2v) is 5.51. The summed E-state index contributed by atoms with van der Waals surface area (Å²) in [6.07, 6.45) is 0.444. The smallest absolute Gasteiger partial charge is 0.209 e. The van der Waals surface area contributed by atoms with E-state index in [-0.39, 0.29) is 12.0 Å². The van der Waals surface area contributed by atoms with Gasteiger partial charge in [0.2, 0.25) is 5.78 Å². The molecule has 0 heterocycles. The number of Topliss-reactive ketones (excluding diaryl/α,β-unsaturated/α-hetero) is 2. The van der Waals surface area contributed by atoms with Crippen molar-refractivity contribution in [3.63, 3.8) is 0 Å². The van der Waals surface area contributed by atoms with Gasteiger partial charge in [-0.05, 0) is 25.8 Å². The summed E-state index contributed by atoms with van der Waals surface area (Å²) in [4.78, 5) is 24.5. The summed E-state index contributed by atoms with van der Waals surface area (Å²) >= 11 is 0. The molecule has 0 saturated carbocycles. The standard InChI is InChI=1S/C17H18O5/c1-10-14(19)13(16(21)17(2,22)15(10)20)12(18)9-8-11-6-4-3-5-7-11/h3-7,19-20,22H,8-9H2,1-2H3/t17-/m1/s1. The molecule has 0 saturated heterocycles. The summed E-state index contributed by atoms with van der Waals surface area (Å²) in [7, 11) is 0. The molecule has 5 nitrogen and oxygen atoms in total. The number of hydrogen-bond donors (Lipinski definition) is 3. The summed E-state index contributed by atoms with van der Waals surface area (Å²) in [6.45, 7) is 2.45. The molecule has 2 rings (SSSR count). The average molecular weight is 302 g/mol. The van der Waals surface area contributed by atoms with Crippen molar-refractivity contribution in [3.05, 3.63) is 58.6 Å². The van der Waals surface area contributed by atoms with E-state index in [1.165, 1.54) is 6.92 Å². The van der Waals surface area contributed by atoms with Crippen LogP contribution in [-0.2, 0) is 16.0 Å². The zero-order valence-corrected chi connectivity index (χ0v) is 12.5. The van der Waals surface area contributed by atoms with Crippen molar-refractivity contribution in [3.8, 4) is 0 Å². The van der Waals surface area contributed by atoms with Gasteiger partial charge in [-0.1, -0.05) is 30.3 Å². The van der Waals surface area contributed by atoms with Crippen molar-refractivity contribution >= 4 is 11.6 Å². The van der Waals surface area contributed by atoms with Gasteiger partial charge in [-0.2, -0.15) is 0 Å². The molecule has 0 bridgehead atoms. The molecule has 3 N–H and O–H groups in total. The van der Waals surface area contributed by atoms with Gasteiger partial charge < -0.3 is 15.3 Å². The van der Waals surface area contributed by atoms with E-state index in [1.54, 1.807) is 0 Å². The Morgan fingerprint density at radius 3 is 2.36 bits per heavy atom. The summed E-state index contributed by atoms with van der Waals surface area (Å²) < 4.78 is 0. The largest absolute Gasteiger partial charge is 0.508 e. The molecule has 0 fully saturated rings. The molecule has 116 valence electrons. The number of hydrogen-bond acceptors (Lipinski definition) is 5. The van der Waals surface area contributed by atoms with Crippen molar-refractivity contribution in [2.75, 3.05) is 0 Å². The van der Waals surface area contributed by atoms with Crippen LogP contribution in [0.25, 0.3) is 0 Å². The Hall–Kier alpha value is -2.40. The predicted octanol–water partition coefficient (Wildman–Crippen LogP) is 2.17. The van der Waals surface area contributed by atoms with E-state index < -0.39 is 34.3 Å². The second-order valence-electron chi connectivity index (χ2n) is 5.51. The lowest BCUT2D eigenvalue weighted by Gasteiger charge is -2.28. The highest BCUT2D eigenvalue weighted by Crippen LogP contribution is 2.33. The maximum atomic E-state index is 12.3. The number of benzene rings is 1. The molecule has 0 unspecified atom stereocenters. The lowest BCUT2D eigenvalue weighted by molar-refractivity contribution is -0.133. The zero-order chi connectivity index (χ0) is 16.5. The van der Waals surface area contributed by atoms with Crippen LogP contribution in [0.5, 0.6) is 0 Å². The van der Waals surface area contributed by atoms with Crippen LogP contribution in [0.4, 0.5) is 0 Å². The number of ketones is 2. The highest BCUT2D eigenvalue weighted by molar-refractivity contribution is 6.25. The first kappa shape index (κ1) is 16.0. The quantitative estimate of drug-likeness (QED) is 0.741. The molecule has 0 aliphatic heterocycles. The Kier molecular flexibility index (Phi) is 4.19. The monoisotopic (exact) mass is 302 g/mol. The SMILES string of the molecule is CC1=C(O)[C@@](C)(O)C(=O)C(C(=O)CCc2ccccc2)=C1O. The van der Waals surface area contributed by atoms with Crippen LogP contribution < -0.4 is 0 Å². The third-order valence-electron chi connectivity index (χ3n) is 3.84. The van der Waals surface area contributed by atoms with Gasteiger partial charge in [0.1, 0.15) is 17.1 Å². The first-order chi connectivity index (χ1) is 10.3. The highest BCUT2D eigenvalue weighted by Gasteiger charge is 2.45. The third kappa shape index (κ3) is 2.67. The first-order valence-corrected chi connectivity index (χ1v) is 6.95. The van der Waals surface area contributed by atoms with Crippen molar-refractivity contribution in [1.29, 1.82) is 0 Å². The van der Waals surface area contributed by atoms with Gasteiger partial charge in [-0.3, -0.25) is 9.59 Å². The Morgan fingerprint density at radius 2 is 1.77 bits per heavy atom. The van der Waals surface area contributed by atoms with Crippen molar-refractivity contribution in [1.82, 2.24) is 0 Å². The van der Waals surface area contributed by atoms with Crippen molar-refractivity contribution in [2.45, 2.75) is 32.3 Å². The van der Waals surface area contributed by atoms with Gasteiger partial charge in [0, 0.05) is 12.0 Å². The second kappa shape index (κ2) is 5.77. The molecule has 1 aliphatic carbocycles. The van der Waals surface area contributed by atoms with Crippen LogP contribution in [0.3, 0.4) is 0 Å². The minimum atomic E-state index is -2.19. The Labute approximate surface area is 128 Å². The molecular formula is C17H18O5. The van der Waals surface area contributed by atoms with Crippen LogP contribution in [0.15, 0.2) is 53.0 Å². The average Bonchev–Trinajstić information content (AvgIpc) is 2.51. The fraction of sp³-hybridized carbons (Fsp3) is 0.294. The van der Waals surface area contributed by atoms with E-state index in [1.807, 2.05) is 30.3 Å². The molecule has 0 radical (unpaired) electrons. The van der Waals surface area contributed by atoms with E-state index in [0.717, 1.165) is 12.5 Å². The van der Waals surface area contributed by atoms with Crippen LogP contribution in [0.2, 0.25) is 0 Å². The number of allylic oxidation sites excluding steroid dienone is 1. The summed E-state index contributed by atoms with van der Waals surface area (Å²) in [5.74, 6) is -2.73. The fourth-order valence-corrected chi connectivity index (χ4v) is 2.41. The maximum Gasteiger partial charge on any atom is 0.209 e. The Morgan fingerprint density at radius 1 is 1.18 bits per heavy atom. The number of aliphatic hydroxyl groups is 3. The normalized spacial score (nSPS) is 22.2. The number of aryl methyl sites for hydroxylation is 1. The molecule has 0 aromatic heterocycles. The molecule has 0 amide bonds. The van der Waals surface area contributed by atoms with Gasteiger partial charge in [-0.15, -0.1) is 0 Å². The van der Waals surface area contributed by atoms with Gasteiger partial charge in [0.15, 0.2) is 11.4 Å². The molecular weight excluding hydrogens is 284 g/mol.